The molecule has 7 heteroatoms. The summed E-state index contributed by atoms with van der Waals surface area (Å²) < 4.78 is 5.60. The first-order valence-corrected chi connectivity index (χ1v) is 13.4. The second-order valence-electron chi connectivity index (χ2n) is 8.46. The van der Waals surface area contributed by atoms with Crippen molar-refractivity contribution in [3.8, 4) is 6.07 Å². The maximum atomic E-state index is 12.4. The number of nitriles is 1. The number of rotatable bonds is 17. The molecule has 1 amide bonds. The van der Waals surface area contributed by atoms with Gasteiger partial charge in [-0.3, -0.25) is 4.79 Å². The molecule has 0 bridgehead atoms. The number of unbranched alkanes of at least 4 members (excludes halogenated alkanes) is 6. The van der Waals surface area contributed by atoms with Crippen molar-refractivity contribution in [2.24, 2.45) is 0 Å². The number of alkyl halides is 1. The van der Waals surface area contributed by atoms with Crippen LogP contribution in [-0.4, -0.2) is 50.5 Å². The molecule has 0 aliphatic rings. The van der Waals surface area contributed by atoms with E-state index in [0.717, 1.165) is 46.2 Å². The van der Waals surface area contributed by atoms with Crippen LogP contribution in [0, 0.1) is 11.3 Å². The van der Waals surface area contributed by atoms with Crippen molar-refractivity contribution in [2.45, 2.75) is 58.8 Å². The molecule has 1 rings (SSSR count). The lowest BCUT2D eigenvalue weighted by atomic mass is 10.1. The molecule has 0 saturated carbocycles. The molecule has 5 nitrogen and oxygen atoms in total. The van der Waals surface area contributed by atoms with E-state index in [1.165, 1.54) is 25.7 Å². The van der Waals surface area contributed by atoms with Crippen molar-refractivity contribution in [2.75, 3.05) is 39.7 Å². The molecule has 34 heavy (non-hydrogen) atoms. The highest BCUT2D eigenvalue weighted by molar-refractivity contribution is 7.14. The Kier molecular flexibility index (Phi) is 16.1. The van der Waals surface area contributed by atoms with E-state index in [0.29, 0.717) is 19.8 Å². The van der Waals surface area contributed by atoms with E-state index in [1.807, 2.05) is 32.3 Å². The van der Waals surface area contributed by atoms with E-state index < -0.39 is 0 Å². The standard InChI is InChI=1S/C27H40ClN3O2S/c1-22(12-13-23(2)31(3)4)26-15-14-25(34-26)20-24(21-29)27(32)30-17-19-33-18-11-9-7-5-6-8-10-16-28/h12-15,20H,5-11,16-19H2,1-4H3,(H,30,32)/b22-12+,23-13+,24-20+. The number of hydrogen-bond acceptors (Lipinski definition) is 5. The maximum absolute atomic E-state index is 12.4. The number of nitrogens with one attached hydrogen (secondary N) is 1. The summed E-state index contributed by atoms with van der Waals surface area (Å²) in [5.74, 6) is 0.396. The molecule has 1 heterocycles. The topological polar surface area (TPSA) is 65.4 Å². The van der Waals surface area contributed by atoms with Crippen molar-refractivity contribution in [1.29, 1.82) is 5.26 Å². The Morgan fingerprint density at radius 3 is 2.41 bits per heavy atom. The number of amides is 1. The first kappa shape index (κ1) is 30.0. The van der Waals surface area contributed by atoms with Gasteiger partial charge in [-0.25, -0.2) is 0 Å². The fourth-order valence-electron chi connectivity index (χ4n) is 3.03. The lowest BCUT2D eigenvalue weighted by molar-refractivity contribution is -0.117. The monoisotopic (exact) mass is 505 g/mol. The van der Waals surface area contributed by atoms with Gasteiger partial charge >= 0.3 is 0 Å². The zero-order valence-corrected chi connectivity index (χ0v) is 22.7. The van der Waals surface area contributed by atoms with Gasteiger partial charge in [0.2, 0.25) is 0 Å². The molecule has 0 radical (unpaired) electrons. The second-order valence-corrected chi connectivity index (χ2v) is 9.95. The number of nitrogens with zero attached hydrogens (tertiary/aromatic N) is 2. The van der Waals surface area contributed by atoms with Gasteiger partial charge in [-0.1, -0.05) is 38.2 Å². The Hall–Kier alpha value is -2.07. The van der Waals surface area contributed by atoms with Crippen LogP contribution in [0.3, 0.4) is 0 Å². The second kappa shape index (κ2) is 18.3. The molecule has 1 aromatic rings. The molecule has 0 fully saturated rings. The van der Waals surface area contributed by atoms with Crippen LogP contribution in [0.25, 0.3) is 11.6 Å². The molecule has 0 aromatic carbocycles. The van der Waals surface area contributed by atoms with Crippen molar-refractivity contribution >= 4 is 40.5 Å². The maximum Gasteiger partial charge on any atom is 0.262 e. The van der Waals surface area contributed by atoms with Crippen molar-refractivity contribution in [3.05, 3.63) is 45.3 Å². The quantitative estimate of drug-likeness (QED) is 0.0848. The summed E-state index contributed by atoms with van der Waals surface area (Å²) in [6.07, 6.45) is 14.1. The van der Waals surface area contributed by atoms with Crippen LogP contribution in [0.15, 0.2) is 35.6 Å². The number of allylic oxidation sites excluding steroid dienone is 4. The normalized spacial score (nSPS) is 12.5. The van der Waals surface area contributed by atoms with Gasteiger partial charge in [0.05, 0.1) is 6.61 Å². The summed E-state index contributed by atoms with van der Waals surface area (Å²) >= 11 is 7.24. The minimum Gasteiger partial charge on any atom is -0.381 e. The van der Waals surface area contributed by atoms with Crippen molar-refractivity contribution < 1.29 is 9.53 Å². The molecular formula is C27H40ClN3O2S. The molecule has 0 atom stereocenters. The van der Waals surface area contributed by atoms with E-state index in [2.05, 4.69) is 36.2 Å². The minimum atomic E-state index is -0.366. The first-order valence-electron chi connectivity index (χ1n) is 12.1. The number of thiophene rings is 1. The Labute approximate surface area is 215 Å². The van der Waals surface area contributed by atoms with Gasteiger partial charge in [0, 0.05) is 48.6 Å². The highest BCUT2D eigenvalue weighted by atomic mass is 35.5. The number of carbonyl (C=O) groups is 1. The summed E-state index contributed by atoms with van der Waals surface area (Å²) in [5.41, 5.74) is 2.40. The summed E-state index contributed by atoms with van der Waals surface area (Å²) in [4.78, 5) is 16.4. The molecule has 188 valence electrons. The number of hydrogen-bond donors (Lipinski definition) is 1. The molecule has 1 N–H and O–H groups in total. The smallest absolute Gasteiger partial charge is 0.262 e. The summed E-state index contributed by atoms with van der Waals surface area (Å²) in [6, 6.07) is 5.96. The SMILES string of the molecule is C/C(=C\C=C(/C)N(C)C)c1ccc(/C=C(\C#N)C(=O)NCCOCCCCCCCCCCl)s1. The molecule has 1 aromatic heterocycles. The van der Waals surface area contributed by atoms with Crippen LogP contribution in [0.2, 0.25) is 0 Å². The third-order valence-electron chi connectivity index (χ3n) is 5.40. The largest absolute Gasteiger partial charge is 0.381 e. The Morgan fingerprint density at radius 2 is 1.76 bits per heavy atom. The van der Waals surface area contributed by atoms with Crippen LogP contribution in [0.4, 0.5) is 0 Å². The highest BCUT2D eigenvalue weighted by Gasteiger charge is 2.09. The molecule has 0 unspecified atom stereocenters. The average molecular weight is 506 g/mol. The van der Waals surface area contributed by atoms with Crippen molar-refractivity contribution in [1.82, 2.24) is 10.2 Å². The van der Waals surface area contributed by atoms with Crippen LogP contribution in [0.1, 0.15) is 68.5 Å². The number of halogens is 1. The molecule has 0 aliphatic carbocycles. The van der Waals surface area contributed by atoms with E-state index in [9.17, 15) is 10.1 Å². The summed E-state index contributed by atoms with van der Waals surface area (Å²) in [6.45, 7) is 5.66. The Bertz CT molecular complexity index is 865. The van der Waals surface area contributed by atoms with E-state index in [-0.39, 0.29) is 11.5 Å². The van der Waals surface area contributed by atoms with Crippen LogP contribution in [-0.2, 0) is 9.53 Å². The number of carbonyl (C=O) groups excluding carboxylic acids is 1. The van der Waals surface area contributed by atoms with Gasteiger partial charge in [-0.15, -0.1) is 22.9 Å². The zero-order valence-electron chi connectivity index (χ0n) is 21.2. The van der Waals surface area contributed by atoms with Crippen LogP contribution >= 0.6 is 22.9 Å². The van der Waals surface area contributed by atoms with Gasteiger partial charge in [-0.05, 0) is 56.5 Å². The average Bonchev–Trinajstić information content (AvgIpc) is 3.30. The van der Waals surface area contributed by atoms with Gasteiger partial charge in [-0.2, -0.15) is 5.26 Å². The van der Waals surface area contributed by atoms with Gasteiger partial charge in [0.1, 0.15) is 11.6 Å². The van der Waals surface area contributed by atoms with Gasteiger partial charge < -0.3 is 15.0 Å². The molecule has 0 saturated heterocycles. The predicted octanol–water partition coefficient (Wildman–Crippen LogP) is 6.63. The molecule has 0 spiro atoms. The van der Waals surface area contributed by atoms with Gasteiger partial charge in [0.25, 0.3) is 5.91 Å². The predicted molar refractivity (Wildman–Crippen MR) is 146 cm³/mol. The van der Waals surface area contributed by atoms with Gasteiger partial charge in [0.15, 0.2) is 0 Å². The fourth-order valence-corrected chi connectivity index (χ4v) is 4.15. The lowest BCUT2D eigenvalue weighted by Gasteiger charge is -2.11. The van der Waals surface area contributed by atoms with E-state index >= 15 is 0 Å². The zero-order chi connectivity index (χ0) is 25.2. The molecular weight excluding hydrogens is 466 g/mol. The summed E-state index contributed by atoms with van der Waals surface area (Å²) in [5, 5.41) is 12.2. The van der Waals surface area contributed by atoms with Crippen molar-refractivity contribution in [3.63, 3.8) is 0 Å². The number of ether oxygens (including phenoxy) is 1. The third kappa shape index (κ3) is 13.0. The Balaban J connectivity index is 2.37. The highest BCUT2D eigenvalue weighted by Crippen LogP contribution is 2.26. The fraction of sp³-hybridized carbons (Fsp3) is 0.556. The molecule has 0 aliphatic heterocycles. The van der Waals surface area contributed by atoms with E-state index in [4.69, 9.17) is 16.3 Å². The minimum absolute atomic E-state index is 0.104. The third-order valence-corrected chi connectivity index (χ3v) is 6.84. The first-order chi connectivity index (χ1) is 16.4. The summed E-state index contributed by atoms with van der Waals surface area (Å²) in [7, 11) is 4.02. The Morgan fingerprint density at radius 1 is 1.09 bits per heavy atom. The van der Waals surface area contributed by atoms with E-state index in [1.54, 1.807) is 17.4 Å². The van der Waals surface area contributed by atoms with Crippen LogP contribution < -0.4 is 5.32 Å². The lowest BCUT2D eigenvalue weighted by Crippen LogP contribution is -2.28. The van der Waals surface area contributed by atoms with Crippen LogP contribution in [0.5, 0.6) is 0 Å².